The van der Waals surface area contributed by atoms with Crippen molar-refractivity contribution >= 4 is 11.9 Å². The van der Waals surface area contributed by atoms with Crippen molar-refractivity contribution in [1.29, 1.82) is 0 Å². The number of hydrogen-bond acceptors (Lipinski definition) is 3. The molecule has 0 spiro atoms. The molecule has 3 N–H and O–H groups in total. The molecule has 5 heteroatoms. The Morgan fingerprint density at radius 1 is 0.750 bits per heavy atom. The van der Waals surface area contributed by atoms with Crippen molar-refractivity contribution in [2.75, 3.05) is 0 Å². The van der Waals surface area contributed by atoms with E-state index >= 15 is 0 Å². The highest BCUT2D eigenvalue weighted by molar-refractivity contribution is 5.98. The van der Waals surface area contributed by atoms with Gasteiger partial charge in [0.2, 0.25) is 0 Å². The van der Waals surface area contributed by atoms with Gasteiger partial charge in [0.1, 0.15) is 11.3 Å². The SMILES string of the molecule is O=C(NC(Cc1ccccc1)(Cc1ccc(O)cc1)C(=O)O)c1ccccc1. The van der Waals surface area contributed by atoms with Crippen molar-refractivity contribution in [3.05, 3.63) is 102 Å². The van der Waals surface area contributed by atoms with Crippen LogP contribution in [0.5, 0.6) is 5.75 Å². The maximum Gasteiger partial charge on any atom is 0.330 e. The van der Waals surface area contributed by atoms with Crippen molar-refractivity contribution in [2.45, 2.75) is 18.4 Å². The molecule has 0 fully saturated rings. The summed E-state index contributed by atoms with van der Waals surface area (Å²) in [7, 11) is 0. The summed E-state index contributed by atoms with van der Waals surface area (Å²) in [5.41, 5.74) is 0.360. The van der Waals surface area contributed by atoms with E-state index in [1.807, 2.05) is 30.3 Å². The second-order valence-corrected chi connectivity index (χ2v) is 6.71. The van der Waals surface area contributed by atoms with Gasteiger partial charge >= 0.3 is 5.97 Å². The van der Waals surface area contributed by atoms with E-state index in [2.05, 4.69) is 5.32 Å². The number of carbonyl (C=O) groups is 2. The van der Waals surface area contributed by atoms with E-state index in [0.717, 1.165) is 5.56 Å². The predicted molar refractivity (Wildman–Crippen MR) is 106 cm³/mol. The van der Waals surface area contributed by atoms with Gasteiger partial charge in [-0.05, 0) is 35.4 Å². The first kappa shape index (κ1) is 19.2. The Labute approximate surface area is 163 Å². The van der Waals surface area contributed by atoms with Gasteiger partial charge in [-0.2, -0.15) is 0 Å². The Balaban J connectivity index is 1.97. The molecular formula is C23H21NO4. The summed E-state index contributed by atoms with van der Waals surface area (Å²) in [5.74, 6) is -1.47. The van der Waals surface area contributed by atoms with Crippen LogP contribution in [0.3, 0.4) is 0 Å². The average Bonchev–Trinajstić information content (AvgIpc) is 2.71. The second-order valence-electron chi connectivity index (χ2n) is 6.71. The summed E-state index contributed by atoms with van der Waals surface area (Å²) in [6, 6.07) is 24.1. The predicted octanol–water partition coefficient (Wildman–Crippen LogP) is 3.43. The third kappa shape index (κ3) is 4.57. The first-order chi connectivity index (χ1) is 13.5. The molecule has 3 aromatic rings. The largest absolute Gasteiger partial charge is 0.508 e. The van der Waals surface area contributed by atoms with Crippen molar-refractivity contribution < 1.29 is 19.8 Å². The average molecular weight is 375 g/mol. The third-order valence-electron chi connectivity index (χ3n) is 4.59. The van der Waals surface area contributed by atoms with E-state index in [1.165, 1.54) is 12.1 Å². The molecule has 5 nitrogen and oxygen atoms in total. The maximum absolute atomic E-state index is 12.8. The van der Waals surface area contributed by atoms with E-state index < -0.39 is 17.4 Å². The van der Waals surface area contributed by atoms with Crippen LogP contribution in [0.1, 0.15) is 21.5 Å². The monoisotopic (exact) mass is 375 g/mol. The Morgan fingerprint density at radius 2 is 1.25 bits per heavy atom. The topological polar surface area (TPSA) is 86.6 Å². The standard InChI is InChI=1S/C23H21NO4/c25-20-13-11-18(12-14-20)16-23(22(27)28,15-17-7-3-1-4-8-17)24-21(26)19-9-5-2-6-10-19/h1-14,25H,15-16H2,(H,24,26)(H,27,28). The quantitative estimate of drug-likeness (QED) is 0.590. The normalized spacial score (nSPS) is 12.7. The van der Waals surface area contributed by atoms with Gasteiger partial charge in [0.05, 0.1) is 0 Å². The summed E-state index contributed by atoms with van der Waals surface area (Å²) in [4.78, 5) is 25.2. The lowest BCUT2D eigenvalue weighted by atomic mass is 9.84. The number of carboxylic acid groups (broad SMARTS) is 1. The third-order valence-corrected chi connectivity index (χ3v) is 4.59. The number of carbonyl (C=O) groups excluding carboxylic acids is 1. The fourth-order valence-electron chi connectivity index (χ4n) is 3.14. The smallest absolute Gasteiger partial charge is 0.330 e. The number of nitrogens with one attached hydrogen (secondary N) is 1. The van der Waals surface area contributed by atoms with Crippen molar-refractivity contribution in [3.8, 4) is 5.75 Å². The van der Waals surface area contributed by atoms with Gasteiger partial charge in [0, 0.05) is 18.4 Å². The van der Waals surface area contributed by atoms with Crippen LogP contribution in [-0.4, -0.2) is 27.6 Å². The number of phenolic OH excluding ortho intramolecular Hbond substituents is 1. The van der Waals surface area contributed by atoms with Crippen LogP contribution in [0, 0.1) is 0 Å². The van der Waals surface area contributed by atoms with Crippen molar-refractivity contribution in [2.24, 2.45) is 0 Å². The summed E-state index contributed by atoms with van der Waals surface area (Å²) in [5, 5.41) is 22.4. The number of amides is 1. The Morgan fingerprint density at radius 3 is 1.79 bits per heavy atom. The van der Waals surface area contributed by atoms with Crippen LogP contribution in [0.25, 0.3) is 0 Å². The molecule has 142 valence electrons. The van der Waals surface area contributed by atoms with Crippen LogP contribution in [0.15, 0.2) is 84.9 Å². The molecule has 1 atom stereocenters. The Kier molecular flexibility index (Phi) is 5.75. The second kappa shape index (κ2) is 8.39. The molecule has 1 amide bonds. The fraction of sp³-hybridized carbons (Fsp3) is 0.130. The van der Waals surface area contributed by atoms with E-state index in [9.17, 15) is 19.8 Å². The summed E-state index contributed by atoms with van der Waals surface area (Å²) >= 11 is 0. The summed E-state index contributed by atoms with van der Waals surface area (Å²) < 4.78 is 0. The first-order valence-electron chi connectivity index (χ1n) is 8.91. The number of hydrogen-bond donors (Lipinski definition) is 3. The lowest BCUT2D eigenvalue weighted by Gasteiger charge is -2.31. The van der Waals surface area contributed by atoms with E-state index in [-0.39, 0.29) is 18.6 Å². The molecule has 0 heterocycles. The Bertz CT molecular complexity index is 939. The molecule has 1 unspecified atom stereocenters. The number of carboxylic acids is 1. The van der Waals surface area contributed by atoms with Gasteiger partial charge in [0.15, 0.2) is 0 Å². The minimum absolute atomic E-state index is 0.0794. The molecule has 28 heavy (non-hydrogen) atoms. The molecule has 0 saturated carbocycles. The molecular weight excluding hydrogens is 354 g/mol. The van der Waals surface area contributed by atoms with Gasteiger partial charge in [-0.25, -0.2) is 4.79 Å². The minimum Gasteiger partial charge on any atom is -0.508 e. The van der Waals surface area contributed by atoms with Gasteiger partial charge < -0.3 is 15.5 Å². The highest BCUT2D eigenvalue weighted by Crippen LogP contribution is 2.22. The van der Waals surface area contributed by atoms with Crippen LogP contribution >= 0.6 is 0 Å². The number of benzene rings is 3. The van der Waals surface area contributed by atoms with Crippen molar-refractivity contribution in [1.82, 2.24) is 5.32 Å². The van der Waals surface area contributed by atoms with Crippen molar-refractivity contribution in [3.63, 3.8) is 0 Å². The molecule has 0 aliphatic carbocycles. The van der Waals surface area contributed by atoms with Gasteiger partial charge in [-0.3, -0.25) is 4.79 Å². The van der Waals surface area contributed by atoms with E-state index in [4.69, 9.17) is 0 Å². The van der Waals surface area contributed by atoms with Crippen LogP contribution in [-0.2, 0) is 17.6 Å². The van der Waals surface area contributed by atoms with E-state index in [0.29, 0.717) is 11.1 Å². The van der Waals surface area contributed by atoms with Gasteiger partial charge in [-0.1, -0.05) is 60.7 Å². The zero-order valence-corrected chi connectivity index (χ0v) is 15.2. The highest BCUT2D eigenvalue weighted by Gasteiger charge is 2.40. The zero-order valence-electron chi connectivity index (χ0n) is 15.2. The Hall–Kier alpha value is -3.60. The van der Waals surface area contributed by atoms with Crippen LogP contribution in [0.4, 0.5) is 0 Å². The molecule has 0 aliphatic rings. The van der Waals surface area contributed by atoms with Crippen LogP contribution in [0.2, 0.25) is 0 Å². The maximum atomic E-state index is 12.8. The number of aromatic hydroxyl groups is 1. The molecule has 0 saturated heterocycles. The zero-order chi connectivity index (χ0) is 20.0. The molecule has 3 rings (SSSR count). The summed E-state index contributed by atoms with van der Waals surface area (Å²) in [6.07, 6.45) is 0.207. The van der Waals surface area contributed by atoms with Gasteiger partial charge in [0.25, 0.3) is 5.91 Å². The highest BCUT2D eigenvalue weighted by atomic mass is 16.4. The summed E-state index contributed by atoms with van der Waals surface area (Å²) in [6.45, 7) is 0. The minimum atomic E-state index is -1.54. The molecule has 3 aromatic carbocycles. The lowest BCUT2D eigenvalue weighted by molar-refractivity contribution is -0.144. The molecule has 0 bridgehead atoms. The number of phenols is 1. The molecule has 0 radical (unpaired) electrons. The number of aliphatic carboxylic acids is 1. The fourth-order valence-corrected chi connectivity index (χ4v) is 3.14. The van der Waals surface area contributed by atoms with Crippen LogP contribution < -0.4 is 5.32 Å². The van der Waals surface area contributed by atoms with E-state index in [1.54, 1.807) is 42.5 Å². The molecule has 0 aliphatic heterocycles. The molecule has 0 aromatic heterocycles. The first-order valence-corrected chi connectivity index (χ1v) is 8.91. The number of rotatable bonds is 7. The lowest BCUT2D eigenvalue weighted by Crippen LogP contribution is -2.57. The van der Waals surface area contributed by atoms with Gasteiger partial charge in [-0.15, -0.1) is 0 Å².